The number of nitrogens with one attached hydrogen (secondary N) is 1. The summed E-state index contributed by atoms with van der Waals surface area (Å²) in [5, 5.41) is 3.00. The van der Waals surface area contributed by atoms with Gasteiger partial charge in [0.15, 0.2) is 11.9 Å². The number of nitrogens with two attached hydrogens (primary N) is 1. The van der Waals surface area contributed by atoms with Crippen LogP contribution in [0, 0.1) is 12.7 Å². The van der Waals surface area contributed by atoms with Gasteiger partial charge in [-0.05, 0) is 30.7 Å². The molecule has 2 atom stereocenters. The van der Waals surface area contributed by atoms with Crippen LogP contribution >= 0.6 is 0 Å². The number of rotatable bonds is 3. The summed E-state index contributed by atoms with van der Waals surface area (Å²) in [7, 11) is 0. The number of fused-ring (bicyclic) bond motifs is 1. The molecule has 3 heterocycles. The highest BCUT2D eigenvalue weighted by Crippen LogP contribution is 2.43. The fourth-order valence-corrected chi connectivity index (χ4v) is 3.59. The molecule has 4 rings (SSSR count). The Hall–Kier alpha value is -3.24. The molecule has 0 amide bonds. The third-order valence-corrected chi connectivity index (χ3v) is 5.21. The van der Waals surface area contributed by atoms with Gasteiger partial charge in [0.05, 0.1) is 6.54 Å². The van der Waals surface area contributed by atoms with Gasteiger partial charge in [-0.25, -0.2) is 13.8 Å². The summed E-state index contributed by atoms with van der Waals surface area (Å²) in [4.78, 5) is 12.4. The summed E-state index contributed by atoms with van der Waals surface area (Å²) in [5.41, 5.74) is 5.21. The summed E-state index contributed by atoms with van der Waals surface area (Å²) < 4.78 is 73.4. The number of benzene rings is 1. The Kier molecular flexibility index (Phi) is 5.06. The van der Waals surface area contributed by atoms with E-state index in [0.29, 0.717) is 22.8 Å². The van der Waals surface area contributed by atoms with Gasteiger partial charge in [0, 0.05) is 29.4 Å². The first kappa shape index (κ1) is 21.0. The van der Waals surface area contributed by atoms with Gasteiger partial charge in [-0.15, -0.1) is 0 Å². The Morgan fingerprint density at radius 1 is 1.29 bits per heavy atom. The normalized spacial score (nSPS) is 23.2. The molecule has 1 aromatic heterocycles. The van der Waals surface area contributed by atoms with Crippen molar-refractivity contribution in [1.82, 2.24) is 4.98 Å². The number of aromatic nitrogens is 1. The smallest absolute Gasteiger partial charge is 0.425 e. The lowest BCUT2D eigenvalue weighted by Crippen LogP contribution is -2.48. The van der Waals surface area contributed by atoms with E-state index >= 15 is 0 Å². The number of nitrogens with zero attached hydrogens (tertiary/aromatic N) is 3. The van der Waals surface area contributed by atoms with Crippen LogP contribution in [0.25, 0.3) is 0 Å². The van der Waals surface area contributed by atoms with Crippen molar-refractivity contribution in [2.24, 2.45) is 15.7 Å². The van der Waals surface area contributed by atoms with Gasteiger partial charge in [0.2, 0.25) is 0 Å². The summed E-state index contributed by atoms with van der Waals surface area (Å²) in [6.45, 7) is 0.606. The minimum absolute atomic E-state index is 0.118. The second-order valence-corrected chi connectivity index (χ2v) is 7.47. The average Bonchev–Trinajstić information content (AvgIpc) is 2.72. The molecule has 1 aromatic carbocycles. The van der Waals surface area contributed by atoms with Crippen LogP contribution in [0.2, 0.25) is 0 Å². The summed E-state index contributed by atoms with van der Waals surface area (Å²) in [6, 6.07) is 5.11. The second-order valence-electron chi connectivity index (χ2n) is 7.47. The first-order valence-electron chi connectivity index (χ1n) is 9.33. The van der Waals surface area contributed by atoms with Gasteiger partial charge >= 0.3 is 6.18 Å². The van der Waals surface area contributed by atoms with Crippen molar-refractivity contribution in [2.45, 2.75) is 37.7 Å². The van der Waals surface area contributed by atoms with Gasteiger partial charge in [0.1, 0.15) is 23.7 Å². The number of pyridine rings is 1. The highest BCUT2D eigenvalue weighted by atomic mass is 19.4. The van der Waals surface area contributed by atoms with Crippen molar-refractivity contribution in [3.8, 4) is 0 Å². The van der Waals surface area contributed by atoms with Crippen LogP contribution in [0.15, 0.2) is 40.4 Å². The molecule has 0 unspecified atom stereocenters. The Bertz CT molecular complexity index is 1070. The molecule has 0 saturated carbocycles. The van der Waals surface area contributed by atoms with Gasteiger partial charge in [-0.2, -0.15) is 13.2 Å². The molecule has 2 aliphatic heterocycles. The van der Waals surface area contributed by atoms with E-state index < -0.39 is 42.8 Å². The zero-order valence-corrected chi connectivity index (χ0v) is 16.3. The zero-order chi connectivity index (χ0) is 22.4. The minimum Gasteiger partial charge on any atom is -0.452 e. The molecule has 164 valence electrons. The van der Waals surface area contributed by atoms with Crippen molar-refractivity contribution in [2.75, 3.05) is 12.0 Å². The van der Waals surface area contributed by atoms with Gasteiger partial charge in [-0.3, -0.25) is 9.98 Å². The lowest BCUT2D eigenvalue weighted by Gasteiger charge is -2.37. The fraction of sp³-hybridized carbons (Fsp3) is 0.350. The molecule has 2 aliphatic rings. The SMILES string of the molecule is Cc1ccc(C2=NCc3cc(F)c([C@]4(CF)C[C@@H](C(F)(F)F)OC(N)=N4)cc3N2)nc1. The highest BCUT2D eigenvalue weighted by molar-refractivity contribution is 6.08. The van der Waals surface area contributed by atoms with E-state index in [1.165, 1.54) is 6.07 Å². The predicted molar refractivity (Wildman–Crippen MR) is 104 cm³/mol. The number of hydrogen-bond acceptors (Lipinski definition) is 6. The van der Waals surface area contributed by atoms with E-state index in [1.807, 2.05) is 13.0 Å². The largest absolute Gasteiger partial charge is 0.452 e. The number of alkyl halides is 4. The molecule has 3 N–H and O–H groups in total. The number of aryl methyl sites for hydroxylation is 1. The van der Waals surface area contributed by atoms with Crippen LogP contribution in [0.1, 0.15) is 28.8 Å². The Balaban J connectivity index is 1.73. The first-order chi connectivity index (χ1) is 14.6. The van der Waals surface area contributed by atoms with Gasteiger partial charge in [0.25, 0.3) is 6.02 Å². The minimum atomic E-state index is -4.82. The highest BCUT2D eigenvalue weighted by Gasteiger charge is 2.52. The summed E-state index contributed by atoms with van der Waals surface area (Å²) in [5.74, 6) is -0.493. The van der Waals surface area contributed by atoms with E-state index in [-0.39, 0.29) is 12.1 Å². The van der Waals surface area contributed by atoms with Crippen LogP contribution in [0.3, 0.4) is 0 Å². The van der Waals surface area contributed by atoms with Gasteiger partial charge in [-0.1, -0.05) is 6.07 Å². The van der Waals surface area contributed by atoms with Crippen molar-refractivity contribution >= 4 is 17.5 Å². The van der Waals surface area contributed by atoms with Crippen molar-refractivity contribution in [3.05, 3.63) is 58.7 Å². The van der Waals surface area contributed by atoms with Crippen LogP contribution < -0.4 is 11.1 Å². The molecule has 6 nitrogen and oxygen atoms in total. The number of anilines is 1. The average molecular weight is 439 g/mol. The second kappa shape index (κ2) is 7.47. The van der Waals surface area contributed by atoms with Crippen LogP contribution in [-0.4, -0.2) is 35.8 Å². The Morgan fingerprint density at radius 2 is 2.06 bits per heavy atom. The third-order valence-electron chi connectivity index (χ3n) is 5.21. The maximum Gasteiger partial charge on any atom is 0.425 e. The lowest BCUT2D eigenvalue weighted by atomic mass is 9.83. The number of amidine groups is 2. The van der Waals surface area contributed by atoms with Crippen molar-refractivity contribution < 1.29 is 26.7 Å². The molecule has 0 bridgehead atoms. The number of halogens is 5. The zero-order valence-electron chi connectivity index (χ0n) is 16.3. The van der Waals surface area contributed by atoms with Crippen LogP contribution in [0.4, 0.5) is 27.6 Å². The topological polar surface area (TPSA) is 84.9 Å². The standard InChI is InChI=1S/C20H18F5N5O/c1-10-2-3-14(27-7-10)17-28-8-11-4-13(22)12(5-15(11)29-17)19(9-21)6-16(20(23,24)25)31-18(26)30-19/h2-5,7,16H,6,8-9H2,1H3,(H2,26,30)(H,28,29)/t16-,19+/m0/s1. The molecular weight excluding hydrogens is 421 g/mol. The molecule has 0 aliphatic carbocycles. The lowest BCUT2D eigenvalue weighted by molar-refractivity contribution is -0.209. The van der Waals surface area contributed by atoms with Crippen LogP contribution in [-0.2, 0) is 16.8 Å². The van der Waals surface area contributed by atoms with Crippen molar-refractivity contribution in [3.63, 3.8) is 0 Å². The van der Waals surface area contributed by atoms with E-state index in [9.17, 15) is 22.0 Å². The molecule has 2 aromatic rings. The van der Waals surface area contributed by atoms with Crippen LogP contribution in [0.5, 0.6) is 0 Å². The molecule has 31 heavy (non-hydrogen) atoms. The maximum atomic E-state index is 14.9. The molecule has 0 radical (unpaired) electrons. The number of aliphatic imine (C=N–C) groups is 2. The molecular formula is C20H18F5N5O. The van der Waals surface area contributed by atoms with E-state index in [2.05, 4.69) is 25.0 Å². The Morgan fingerprint density at radius 3 is 2.71 bits per heavy atom. The monoisotopic (exact) mass is 439 g/mol. The Labute approximate surface area is 174 Å². The van der Waals surface area contributed by atoms with E-state index in [4.69, 9.17) is 5.73 Å². The molecule has 0 fully saturated rings. The van der Waals surface area contributed by atoms with E-state index in [0.717, 1.165) is 11.6 Å². The number of ether oxygens (including phenoxy) is 1. The molecule has 11 heteroatoms. The fourth-order valence-electron chi connectivity index (χ4n) is 3.59. The summed E-state index contributed by atoms with van der Waals surface area (Å²) >= 11 is 0. The third kappa shape index (κ3) is 3.91. The predicted octanol–water partition coefficient (Wildman–Crippen LogP) is 3.73. The quantitative estimate of drug-likeness (QED) is 0.714. The maximum absolute atomic E-state index is 14.9. The summed E-state index contributed by atoms with van der Waals surface area (Å²) in [6.07, 6.45) is -6.51. The molecule has 0 saturated heterocycles. The van der Waals surface area contributed by atoms with E-state index in [1.54, 1.807) is 12.3 Å². The van der Waals surface area contributed by atoms with Gasteiger partial charge < -0.3 is 15.8 Å². The molecule has 0 spiro atoms. The number of hydrogen-bond donors (Lipinski definition) is 2. The van der Waals surface area contributed by atoms with Crippen molar-refractivity contribution in [1.29, 1.82) is 0 Å². The first-order valence-corrected chi connectivity index (χ1v) is 9.33.